The lowest BCUT2D eigenvalue weighted by atomic mass is 10.0. The van der Waals surface area contributed by atoms with E-state index in [-0.39, 0.29) is 19.2 Å². The molecule has 1 aliphatic heterocycles. The molecule has 5 aromatic rings. The molecule has 0 fully saturated rings. The summed E-state index contributed by atoms with van der Waals surface area (Å²) in [5, 5.41) is 5.31. The second kappa shape index (κ2) is 8.14. The first-order chi connectivity index (χ1) is 15.3. The number of rotatable bonds is 4. The molecule has 2 aromatic carbocycles. The molecule has 32 heavy (non-hydrogen) atoms. The van der Waals surface area contributed by atoms with Crippen LogP contribution in [0.4, 0.5) is 5.82 Å². The van der Waals surface area contributed by atoms with E-state index >= 15 is 0 Å². The van der Waals surface area contributed by atoms with Gasteiger partial charge in [0, 0.05) is 17.5 Å². The average molecular weight is 464 g/mol. The highest BCUT2D eigenvalue weighted by Crippen LogP contribution is 2.42. The van der Waals surface area contributed by atoms with Gasteiger partial charge < -0.3 is 14.8 Å². The van der Waals surface area contributed by atoms with Gasteiger partial charge in [0.05, 0.1) is 22.3 Å². The first-order valence-corrected chi connectivity index (χ1v) is 10.7. The zero-order valence-corrected chi connectivity index (χ0v) is 18.6. The Morgan fingerprint density at radius 2 is 1.88 bits per heavy atom. The zero-order valence-electron chi connectivity index (χ0n) is 17.0. The van der Waals surface area contributed by atoms with Gasteiger partial charge in [-0.1, -0.05) is 18.2 Å². The van der Waals surface area contributed by atoms with Crippen molar-refractivity contribution in [3.05, 3.63) is 66.3 Å². The Balaban J connectivity index is 0.00000216. The summed E-state index contributed by atoms with van der Waals surface area (Å²) in [6, 6.07) is 17.9. The number of nitrogens with one attached hydrogen (secondary N) is 1. The molecular weight excluding hydrogens is 446 g/mol. The number of halogens is 1. The molecule has 7 nitrogen and oxygen atoms in total. The van der Waals surface area contributed by atoms with E-state index in [9.17, 15) is 0 Å². The molecule has 160 valence electrons. The van der Waals surface area contributed by atoms with Crippen molar-refractivity contribution in [2.75, 3.05) is 19.2 Å². The fourth-order valence-electron chi connectivity index (χ4n) is 3.76. The third kappa shape index (κ3) is 3.24. The van der Waals surface area contributed by atoms with Crippen LogP contribution in [0.15, 0.2) is 66.3 Å². The lowest BCUT2D eigenvalue weighted by Gasteiger charge is -2.15. The highest BCUT2D eigenvalue weighted by atomic mass is 35.5. The summed E-state index contributed by atoms with van der Waals surface area (Å²) in [4.78, 5) is 15.4. The molecule has 3 aromatic heterocycles. The maximum atomic E-state index is 5.61. The Kier molecular flexibility index (Phi) is 5.16. The molecule has 9 heteroatoms. The Morgan fingerprint density at radius 1 is 1.00 bits per heavy atom. The van der Waals surface area contributed by atoms with Gasteiger partial charge in [0.25, 0.3) is 0 Å². The van der Waals surface area contributed by atoms with Crippen molar-refractivity contribution in [3.63, 3.8) is 0 Å². The molecule has 0 saturated heterocycles. The van der Waals surface area contributed by atoms with Crippen molar-refractivity contribution in [1.82, 2.24) is 19.5 Å². The fourth-order valence-corrected chi connectivity index (χ4v) is 4.54. The van der Waals surface area contributed by atoms with Crippen molar-refractivity contribution >= 4 is 40.6 Å². The van der Waals surface area contributed by atoms with Crippen LogP contribution in [0, 0.1) is 0 Å². The number of fused-ring (bicyclic) bond motifs is 2. The first-order valence-electron chi connectivity index (χ1n) is 9.78. The van der Waals surface area contributed by atoms with Gasteiger partial charge >= 0.3 is 0 Å². The predicted molar refractivity (Wildman–Crippen MR) is 128 cm³/mol. The molecule has 1 N–H and O–H groups in total. The summed E-state index contributed by atoms with van der Waals surface area (Å²) in [5.74, 6) is 2.75. The number of aromatic nitrogens is 4. The molecular formula is C23H18ClN5O2S. The quantitative estimate of drug-likeness (QED) is 0.384. The standard InChI is InChI=1S/C23H17N5O2S.ClH/c1-24-22-20(19-7-4-10-31-19)21(14-8-9-17-18(11-14)30-13-29-17)26-23(27-22)28-12-25-15-5-2-3-6-16(15)28;/h2-12H,13H2,1H3,(H,24,26,27);1H. The van der Waals surface area contributed by atoms with Crippen molar-refractivity contribution < 1.29 is 9.47 Å². The SMILES string of the molecule is CNc1nc(-n2cnc3ccccc32)nc(-c2ccc3c(c2)OCO3)c1-c1cccs1.Cl. The topological polar surface area (TPSA) is 74.1 Å². The van der Waals surface area contributed by atoms with Gasteiger partial charge in [0.15, 0.2) is 11.5 Å². The summed E-state index contributed by atoms with van der Waals surface area (Å²) < 4.78 is 13.0. The Hall–Kier alpha value is -3.62. The van der Waals surface area contributed by atoms with Gasteiger partial charge in [-0.2, -0.15) is 4.98 Å². The minimum atomic E-state index is 0. The number of nitrogens with zero attached hydrogens (tertiary/aromatic N) is 4. The molecule has 0 saturated carbocycles. The van der Waals surface area contributed by atoms with E-state index in [1.165, 1.54) is 0 Å². The Morgan fingerprint density at radius 3 is 2.72 bits per heavy atom. The molecule has 0 aliphatic carbocycles. The zero-order chi connectivity index (χ0) is 20.8. The number of imidazole rings is 1. The van der Waals surface area contributed by atoms with Gasteiger partial charge in [-0.15, -0.1) is 23.7 Å². The molecule has 0 bridgehead atoms. The molecule has 6 rings (SSSR count). The van der Waals surface area contributed by atoms with E-state index in [0.717, 1.165) is 44.3 Å². The highest BCUT2D eigenvalue weighted by Gasteiger charge is 2.22. The van der Waals surface area contributed by atoms with Gasteiger partial charge in [-0.3, -0.25) is 4.57 Å². The largest absolute Gasteiger partial charge is 0.454 e. The number of benzene rings is 2. The minimum Gasteiger partial charge on any atom is -0.454 e. The lowest BCUT2D eigenvalue weighted by molar-refractivity contribution is 0.174. The van der Waals surface area contributed by atoms with Crippen LogP contribution in [0.5, 0.6) is 11.5 Å². The Bertz CT molecular complexity index is 1420. The summed E-state index contributed by atoms with van der Waals surface area (Å²) >= 11 is 1.65. The van der Waals surface area contributed by atoms with Crippen LogP contribution in [0.3, 0.4) is 0 Å². The first kappa shape index (κ1) is 20.3. The van der Waals surface area contributed by atoms with E-state index in [2.05, 4.69) is 21.7 Å². The monoisotopic (exact) mass is 463 g/mol. The van der Waals surface area contributed by atoms with Crippen molar-refractivity contribution in [3.8, 4) is 39.1 Å². The fraction of sp³-hybridized carbons (Fsp3) is 0.0870. The van der Waals surface area contributed by atoms with E-state index in [1.54, 1.807) is 17.7 Å². The molecule has 1 aliphatic rings. The summed E-state index contributed by atoms with van der Waals surface area (Å²) in [6.45, 7) is 0.231. The van der Waals surface area contributed by atoms with E-state index in [0.29, 0.717) is 11.7 Å². The van der Waals surface area contributed by atoms with Crippen LogP contribution in [0.2, 0.25) is 0 Å². The number of ether oxygens (including phenoxy) is 2. The molecule has 0 radical (unpaired) electrons. The van der Waals surface area contributed by atoms with E-state index in [4.69, 9.17) is 19.4 Å². The third-order valence-electron chi connectivity index (χ3n) is 5.22. The van der Waals surface area contributed by atoms with Crippen LogP contribution in [-0.2, 0) is 0 Å². The maximum absolute atomic E-state index is 5.61. The Labute approximate surface area is 194 Å². The molecule has 0 atom stereocenters. The minimum absolute atomic E-state index is 0. The number of para-hydroxylation sites is 2. The van der Waals surface area contributed by atoms with E-state index < -0.39 is 0 Å². The summed E-state index contributed by atoms with van der Waals surface area (Å²) in [5.41, 5.74) is 4.53. The number of hydrogen-bond donors (Lipinski definition) is 1. The number of thiophene rings is 1. The summed E-state index contributed by atoms with van der Waals surface area (Å²) in [6.07, 6.45) is 1.76. The average Bonchev–Trinajstić information content (AvgIpc) is 3.58. The van der Waals surface area contributed by atoms with Gasteiger partial charge in [-0.25, -0.2) is 9.97 Å². The third-order valence-corrected chi connectivity index (χ3v) is 6.10. The normalized spacial score (nSPS) is 12.0. The molecule has 0 unspecified atom stereocenters. The number of anilines is 1. The lowest BCUT2D eigenvalue weighted by Crippen LogP contribution is -2.07. The van der Waals surface area contributed by atoms with Crippen molar-refractivity contribution in [2.24, 2.45) is 0 Å². The smallest absolute Gasteiger partial charge is 0.238 e. The van der Waals surface area contributed by atoms with Crippen molar-refractivity contribution in [2.45, 2.75) is 0 Å². The van der Waals surface area contributed by atoms with Gasteiger partial charge in [-0.05, 0) is 41.8 Å². The van der Waals surface area contributed by atoms with Crippen LogP contribution in [-0.4, -0.2) is 33.4 Å². The highest BCUT2D eigenvalue weighted by molar-refractivity contribution is 7.13. The van der Waals surface area contributed by atoms with Gasteiger partial charge in [0.1, 0.15) is 12.1 Å². The molecule has 0 spiro atoms. The van der Waals surface area contributed by atoms with Gasteiger partial charge in [0.2, 0.25) is 12.7 Å². The molecule has 4 heterocycles. The van der Waals surface area contributed by atoms with Crippen LogP contribution in [0.1, 0.15) is 0 Å². The second-order valence-electron chi connectivity index (χ2n) is 6.99. The van der Waals surface area contributed by atoms with Crippen LogP contribution < -0.4 is 14.8 Å². The predicted octanol–water partition coefficient (Wildman–Crippen LogP) is 5.40. The second-order valence-corrected chi connectivity index (χ2v) is 7.94. The van der Waals surface area contributed by atoms with Crippen LogP contribution in [0.25, 0.3) is 38.7 Å². The maximum Gasteiger partial charge on any atom is 0.238 e. The van der Waals surface area contributed by atoms with Crippen molar-refractivity contribution in [1.29, 1.82) is 0 Å². The van der Waals surface area contributed by atoms with E-state index in [1.807, 2.05) is 60.1 Å². The van der Waals surface area contributed by atoms with Crippen LogP contribution >= 0.6 is 23.7 Å². The number of hydrogen-bond acceptors (Lipinski definition) is 7. The molecule has 0 amide bonds. The summed E-state index contributed by atoms with van der Waals surface area (Å²) in [7, 11) is 1.87.